The first kappa shape index (κ1) is 19.9. The summed E-state index contributed by atoms with van der Waals surface area (Å²) in [5.74, 6) is 0. The average molecular weight is 399 g/mol. The fourth-order valence-corrected chi connectivity index (χ4v) is 4.42. The minimum absolute atomic E-state index is 0.0788. The van der Waals surface area contributed by atoms with E-state index in [-0.39, 0.29) is 17.5 Å². The highest BCUT2D eigenvalue weighted by Crippen LogP contribution is 2.28. The maximum absolute atomic E-state index is 12.7. The van der Waals surface area contributed by atoms with Crippen LogP contribution >= 0.6 is 0 Å². The van der Waals surface area contributed by atoms with Gasteiger partial charge in [-0.05, 0) is 36.5 Å². The third-order valence-electron chi connectivity index (χ3n) is 4.62. The molecule has 1 N–H and O–H groups in total. The molecule has 0 fully saturated rings. The van der Waals surface area contributed by atoms with E-state index in [0.717, 1.165) is 16.3 Å². The van der Waals surface area contributed by atoms with Crippen molar-refractivity contribution in [1.29, 1.82) is 0 Å². The van der Waals surface area contributed by atoms with Gasteiger partial charge in [-0.25, -0.2) is 13.1 Å². The zero-order valence-electron chi connectivity index (χ0n) is 15.6. The third kappa shape index (κ3) is 4.04. The van der Waals surface area contributed by atoms with Gasteiger partial charge in [0.2, 0.25) is 10.0 Å². The maximum atomic E-state index is 12.7. The largest absolute Gasteiger partial charge is 0.301 e. The summed E-state index contributed by atoms with van der Waals surface area (Å²) in [7, 11) is -0.311. The van der Waals surface area contributed by atoms with Crippen LogP contribution in [-0.2, 0) is 10.0 Å². The molecule has 146 valence electrons. The van der Waals surface area contributed by atoms with Crippen molar-refractivity contribution in [3.63, 3.8) is 0 Å². The van der Waals surface area contributed by atoms with E-state index >= 15 is 0 Å². The number of nitro groups is 1. The molecular formula is C20H21N3O4S. The van der Waals surface area contributed by atoms with Gasteiger partial charge in [-0.15, -0.1) is 0 Å². The zero-order chi connectivity index (χ0) is 20.3. The molecule has 3 rings (SSSR count). The molecule has 0 radical (unpaired) electrons. The Bertz CT molecular complexity index is 1110. The van der Waals surface area contributed by atoms with Crippen LogP contribution < -0.4 is 4.72 Å². The Morgan fingerprint density at radius 3 is 2.36 bits per heavy atom. The lowest BCUT2D eigenvalue weighted by atomic mass is 9.98. The van der Waals surface area contributed by atoms with Crippen LogP contribution in [0.25, 0.3) is 10.8 Å². The molecular weight excluding hydrogens is 378 g/mol. The lowest BCUT2D eigenvalue weighted by Gasteiger charge is -2.26. The van der Waals surface area contributed by atoms with E-state index in [9.17, 15) is 18.5 Å². The number of benzene rings is 3. The van der Waals surface area contributed by atoms with Gasteiger partial charge in [0.15, 0.2) is 4.90 Å². The summed E-state index contributed by atoms with van der Waals surface area (Å²) in [6.07, 6.45) is 0. The number of para-hydroxylation sites is 1. The monoisotopic (exact) mass is 399 g/mol. The molecule has 3 aromatic rings. The number of hydrogen-bond acceptors (Lipinski definition) is 5. The van der Waals surface area contributed by atoms with Crippen LogP contribution in [0.2, 0.25) is 0 Å². The number of rotatable bonds is 7. The normalized spacial score (nSPS) is 13.0. The summed E-state index contributed by atoms with van der Waals surface area (Å²) in [6.45, 7) is 0.0788. The Labute approximate surface area is 163 Å². The minimum Gasteiger partial charge on any atom is -0.301 e. The first-order chi connectivity index (χ1) is 13.3. The molecule has 0 unspecified atom stereocenters. The standard InChI is InChI=1S/C20H21N3O4S/c1-22(2)19(17-11-7-9-15-8-3-4-10-16(15)17)14-21-28(26,27)20-13-6-5-12-18(20)23(24)25/h3-13,19,21H,14H2,1-2H3/t19-/m1/s1. The number of hydrogen-bond donors (Lipinski definition) is 1. The first-order valence-electron chi connectivity index (χ1n) is 8.68. The molecule has 1 atom stereocenters. The molecule has 0 heterocycles. The molecule has 28 heavy (non-hydrogen) atoms. The molecule has 0 bridgehead atoms. The van der Waals surface area contributed by atoms with Crippen LogP contribution in [0.4, 0.5) is 5.69 Å². The number of nitrogens with one attached hydrogen (secondary N) is 1. The van der Waals surface area contributed by atoms with Crippen molar-refractivity contribution in [2.75, 3.05) is 20.6 Å². The number of nitro benzene ring substituents is 1. The molecule has 0 aliphatic rings. The smallest absolute Gasteiger partial charge is 0.289 e. The van der Waals surface area contributed by atoms with Gasteiger partial charge in [0.1, 0.15) is 0 Å². The van der Waals surface area contributed by atoms with E-state index < -0.39 is 20.6 Å². The zero-order valence-corrected chi connectivity index (χ0v) is 16.4. The van der Waals surface area contributed by atoms with Crippen molar-refractivity contribution in [2.45, 2.75) is 10.9 Å². The van der Waals surface area contributed by atoms with Crippen molar-refractivity contribution in [2.24, 2.45) is 0 Å². The van der Waals surface area contributed by atoms with Crippen LogP contribution in [-0.4, -0.2) is 38.9 Å². The molecule has 0 aliphatic heterocycles. The summed E-state index contributed by atoms with van der Waals surface area (Å²) in [4.78, 5) is 12.1. The summed E-state index contributed by atoms with van der Waals surface area (Å²) in [6, 6.07) is 18.9. The van der Waals surface area contributed by atoms with Crippen LogP contribution in [0.3, 0.4) is 0 Å². The Balaban J connectivity index is 1.93. The summed E-state index contributed by atoms with van der Waals surface area (Å²) >= 11 is 0. The van der Waals surface area contributed by atoms with E-state index in [2.05, 4.69) is 4.72 Å². The Kier molecular flexibility index (Phi) is 5.73. The highest BCUT2D eigenvalue weighted by molar-refractivity contribution is 7.89. The molecule has 0 spiro atoms. The average Bonchev–Trinajstić information content (AvgIpc) is 2.68. The first-order valence-corrected chi connectivity index (χ1v) is 10.2. The van der Waals surface area contributed by atoms with Crippen molar-refractivity contribution in [3.8, 4) is 0 Å². The Morgan fingerprint density at radius 2 is 1.64 bits per heavy atom. The van der Waals surface area contributed by atoms with E-state index in [1.165, 1.54) is 24.3 Å². The van der Waals surface area contributed by atoms with Gasteiger partial charge in [0, 0.05) is 18.7 Å². The second kappa shape index (κ2) is 8.05. The van der Waals surface area contributed by atoms with Crippen LogP contribution in [0.1, 0.15) is 11.6 Å². The second-order valence-corrected chi connectivity index (χ2v) is 8.36. The van der Waals surface area contributed by atoms with Gasteiger partial charge in [-0.1, -0.05) is 54.6 Å². The molecule has 0 aliphatic carbocycles. The predicted octanol–water partition coefficient (Wildman–Crippen LogP) is 3.33. The van der Waals surface area contributed by atoms with Crippen LogP contribution in [0.5, 0.6) is 0 Å². The van der Waals surface area contributed by atoms with Gasteiger partial charge < -0.3 is 4.90 Å². The topological polar surface area (TPSA) is 92.6 Å². The van der Waals surface area contributed by atoms with Gasteiger partial charge >= 0.3 is 0 Å². The quantitative estimate of drug-likeness (QED) is 0.486. The Morgan fingerprint density at radius 1 is 1.00 bits per heavy atom. The minimum atomic E-state index is -4.04. The molecule has 8 heteroatoms. The second-order valence-electron chi connectivity index (χ2n) is 6.62. The third-order valence-corrected chi connectivity index (χ3v) is 6.09. The molecule has 3 aromatic carbocycles. The van der Waals surface area contributed by atoms with Gasteiger partial charge in [-0.3, -0.25) is 10.1 Å². The number of nitrogens with zero attached hydrogens (tertiary/aromatic N) is 2. The highest BCUT2D eigenvalue weighted by atomic mass is 32.2. The number of fused-ring (bicyclic) bond motifs is 1. The van der Waals surface area contributed by atoms with Crippen molar-refractivity contribution >= 4 is 26.5 Å². The van der Waals surface area contributed by atoms with Gasteiger partial charge in [0.05, 0.1) is 4.92 Å². The lowest BCUT2D eigenvalue weighted by molar-refractivity contribution is -0.387. The fraction of sp³-hybridized carbons (Fsp3) is 0.200. The number of likely N-dealkylation sites (N-methyl/N-ethyl adjacent to an activating group) is 1. The highest BCUT2D eigenvalue weighted by Gasteiger charge is 2.27. The SMILES string of the molecule is CN(C)[C@H](CNS(=O)(=O)c1ccccc1[N+](=O)[O-])c1cccc2ccccc12. The van der Waals surface area contributed by atoms with Gasteiger partial charge in [0.25, 0.3) is 5.69 Å². The van der Waals surface area contributed by atoms with Crippen molar-refractivity contribution in [3.05, 3.63) is 82.4 Å². The summed E-state index contributed by atoms with van der Waals surface area (Å²) < 4.78 is 28.0. The summed E-state index contributed by atoms with van der Waals surface area (Å²) in [5, 5.41) is 13.3. The lowest BCUT2D eigenvalue weighted by Crippen LogP contribution is -2.34. The Hall–Kier alpha value is -2.81. The van der Waals surface area contributed by atoms with E-state index in [0.29, 0.717) is 0 Å². The maximum Gasteiger partial charge on any atom is 0.289 e. The van der Waals surface area contributed by atoms with Crippen molar-refractivity contribution < 1.29 is 13.3 Å². The molecule has 0 aromatic heterocycles. The van der Waals surface area contributed by atoms with E-state index in [1.807, 2.05) is 61.5 Å². The van der Waals surface area contributed by atoms with E-state index in [1.54, 1.807) is 0 Å². The fourth-order valence-electron chi connectivity index (χ4n) is 3.21. The predicted molar refractivity (Wildman–Crippen MR) is 109 cm³/mol. The summed E-state index contributed by atoms with van der Waals surface area (Å²) in [5.41, 5.74) is 0.537. The van der Waals surface area contributed by atoms with Crippen molar-refractivity contribution in [1.82, 2.24) is 9.62 Å². The van der Waals surface area contributed by atoms with E-state index in [4.69, 9.17) is 0 Å². The van der Waals surface area contributed by atoms with Crippen LogP contribution in [0, 0.1) is 10.1 Å². The molecule has 0 amide bonds. The van der Waals surface area contributed by atoms with Gasteiger partial charge in [-0.2, -0.15) is 0 Å². The molecule has 0 saturated heterocycles. The molecule has 7 nitrogen and oxygen atoms in total. The molecule has 0 saturated carbocycles. The van der Waals surface area contributed by atoms with Crippen LogP contribution in [0.15, 0.2) is 71.6 Å². The number of sulfonamides is 1.